The normalized spacial score (nSPS) is 20.1. The zero-order chi connectivity index (χ0) is 16.4. The van der Waals surface area contributed by atoms with Crippen LogP contribution in [0.3, 0.4) is 0 Å². The van der Waals surface area contributed by atoms with Crippen molar-refractivity contribution in [2.45, 2.75) is 37.6 Å². The molecule has 2 aliphatic rings. The molecule has 0 spiro atoms. The van der Waals surface area contributed by atoms with E-state index in [0.29, 0.717) is 18.2 Å². The fourth-order valence-corrected chi connectivity index (χ4v) is 4.11. The second-order valence-corrected chi connectivity index (χ2v) is 7.34. The predicted molar refractivity (Wildman–Crippen MR) is 89.7 cm³/mol. The van der Waals surface area contributed by atoms with E-state index in [2.05, 4.69) is 30.5 Å². The van der Waals surface area contributed by atoms with E-state index in [1.807, 2.05) is 6.20 Å². The molecule has 2 aliphatic heterocycles. The maximum atomic E-state index is 12.2. The first kappa shape index (κ1) is 15.6. The van der Waals surface area contributed by atoms with Crippen LogP contribution in [0.5, 0.6) is 0 Å². The summed E-state index contributed by atoms with van der Waals surface area (Å²) in [7, 11) is 0. The van der Waals surface area contributed by atoms with Crippen molar-refractivity contribution in [3.8, 4) is 0 Å². The van der Waals surface area contributed by atoms with Gasteiger partial charge in [0.2, 0.25) is 0 Å². The fraction of sp³-hybridized carbons (Fsp3) is 0.600. The lowest BCUT2D eigenvalue weighted by Gasteiger charge is -2.22. The Morgan fingerprint density at radius 1 is 1.46 bits per heavy atom. The number of nitrogens with one attached hydrogen (secondary N) is 2. The topological polar surface area (TPSA) is 89.7 Å². The molecule has 9 heteroatoms. The third kappa shape index (κ3) is 3.46. The number of hydrogen-bond donors (Lipinski definition) is 2. The van der Waals surface area contributed by atoms with E-state index in [0.717, 1.165) is 42.8 Å². The Hall–Kier alpha value is -1.87. The summed E-state index contributed by atoms with van der Waals surface area (Å²) in [5.74, 6) is 1.43. The van der Waals surface area contributed by atoms with Gasteiger partial charge < -0.3 is 15.2 Å². The molecule has 0 saturated carbocycles. The highest BCUT2D eigenvalue weighted by Gasteiger charge is 2.18. The van der Waals surface area contributed by atoms with Crippen LogP contribution in [0.25, 0.3) is 0 Å². The highest BCUT2D eigenvalue weighted by atomic mass is 32.2. The number of aryl methyl sites for hydroxylation is 1. The van der Waals surface area contributed by atoms with Crippen LogP contribution in [0.2, 0.25) is 0 Å². The number of hydrogen-bond acceptors (Lipinski definition) is 6. The van der Waals surface area contributed by atoms with Crippen LogP contribution in [0.15, 0.2) is 17.6 Å². The van der Waals surface area contributed by atoms with Gasteiger partial charge >= 0.3 is 0 Å². The number of nitrogens with zero attached hydrogens (tertiary/aromatic N) is 5. The van der Waals surface area contributed by atoms with Crippen molar-refractivity contribution in [2.24, 2.45) is 5.92 Å². The standard InChI is InChI=1S/C15H21N7OS/c23-14(17-7-12-9-21-4-5-24-15(21)18-12)13-10-22(20-19-13)8-11-2-1-3-16-6-11/h9-11,16H,1-8H2,(H,17,23). The van der Waals surface area contributed by atoms with Crippen LogP contribution in [-0.4, -0.2) is 49.3 Å². The van der Waals surface area contributed by atoms with Gasteiger partial charge in [-0.25, -0.2) is 4.98 Å². The van der Waals surface area contributed by atoms with E-state index < -0.39 is 0 Å². The first-order valence-electron chi connectivity index (χ1n) is 8.36. The molecule has 1 fully saturated rings. The van der Waals surface area contributed by atoms with Gasteiger partial charge in [0.05, 0.1) is 18.4 Å². The summed E-state index contributed by atoms with van der Waals surface area (Å²) in [4.78, 5) is 16.7. The number of thioether (sulfide) groups is 1. The summed E-state index contributed by atoms with van der Waals surface area (Å²) in [6.45, 7) is 4.31. The largest absolute Gasteiger partial charge is 0.345 e. The molecule has 0 aliphatic carbocycles. The zero-order valence-electron chi connectivity index (χ0n) is 13.4. The summed E-state index contributed by atoms with van der Waals surface area (Å²) >= 11 is 1.75. The Labute approximate surface area is 144 Å². The lowest BCUT2D eigenvalue weighted by atomic mass is 10.00. The van der Waals surface area contributed by atoms with Gasteiger partial charge in [-0.15, -0.1) is 5.10 Å². The summed E-state index contributed by atoms with van der Waals surface area (Å²) < 4.78 is 3.90. The molecule has 24 heavy (non-hydrogen) atoms. The Balaban J connectivity index is 1.31. The quantitative estimate of drug-likeness (QED) is 0.819. The number of amides is 1. The molecule has 8 nitrogen and oxygen atoms in total. The van der Waals surface area contributed by atoms with E-state index in [4.69, 9.17) is 0 Å². The fourth-order valence-electron chi connectivity index (χ4n) is 3.14. The zero-order valence-corrected chi connectivity index (χ0v) is 14.3. The van der Waals surface area contributed by atoms with Crippen LogP contribution in [0.4, 0.5) is 0 Å². The van der Waals surface area contributed by atoms with Crippen molar-refractivity contribution >= 4 is 17.7 Å². The Morgan fingerprint density at radius 3 is 3.25 bits per heavy atom. The minimum absolute atomic E-state index is 0.205. The smallest absolute Gasteiger partial charge is 0.273 e. The van der Waals surface area contributed by atoms with Gasteiger partial charge in [-0.1, -0.05) is 17.0 Å². The van der Waals surface area contributed by atoms with Gasteiger partial charge in [0.15, 0.2) is 10.9 Å². The Morgan fingerprint density at radius 2 is 2.42 bits per heavy atom. The monoisotopic (exact) mass is 347 g/mol. The van der Waals surface area contributed by atoms with Gasteiger partial charge in [-0.2, -0.15) is 0 Å². The molecule has 128 valence electrons. The van der Waals surface area contributed by atoms with Crippen LogP contribution in [0.1, 0.15) is 29.0 Å². The molecule has 2 aromatic heterocycles. The first-order chi connectivity index (χ1) is 11.8. The molecule has 1 unspecified atom stereocenters. The third-order valence-corrected chi connectivity index (χ3v) is 5.37. The van der Waals surface area contributed by atoms with Gasteiger partial charge in [0.1, 0.15) is 0 Å². The molecule has 0 bridgehead atoms. The first-order valence-corrected chi connectivity index (χ1v) is 9.34. The molecular formula is C15H21N7OS. The molecule has 4 rings (SSSR count). The number of rotatable bonds is 5. The SMILES string of the molecule is O=C(NCc1cn2c(n1)SCC2)c1cn(CC2CCCNC2)nn1. The van der Waals surface area contributed by atoms with Crippen LogP contribution in [-0.2, 0) is 19.6 Å². The molecule has 0 aromatic carbocycles. The van der Waals surface area contributed by atoms with Crippen molar-refractivity contribution in [1.82, 2.24) is 35.2 Å². The van der Waals surface area contributed by atoms with Crippen molar-refractivity contribution in [3.05, 3.63) is 23.8 Å². The molecule has 2 N–H and O–H groups in total. The molecule has 1 amide bonds. The maximum absolute atomic E-state index is 12.2. The van der Waals surface area contributed by atoms with E-state index in [9.17, 15) is 4.79 Å². The number of imidazole rings is 1. The summed E-state index contributed by atoms with van der Waals surface area (Å²) in [5, 5.41) is 15.4. The number of carbonyl (C=O) groups is 1. The van der Waals surface area contributed by atoms with Crippen molar-refractivity contribution in [1.29, 1.82) is 0 Å². The van der Waals surface area contributed by atoms with Crippen molar-refractivity contribution in [3.63, 3.8) is 0 Å². The van der Waals surface area contributed by atoms with Gasteiger partial charge in [0, 0.05) is 25.0 Å². The van der Waals surface area contributed by atoms with E-state index in [-0.39, 0.29) is 5.91 Å². The second-order valence-electron chi connectivity index (χ2n) is 6.28. The highest BCUT2D eigenvalue weighted by Crippen LogP contribution is 2.24. The highest BCUT2D eigenvalue weighted by molar-refractivity contribution is 7.99. The Bertz CT molecular complexity index is 698. The van der Waals surface area contributed by atoms with Crippen molar-refractivity contribution in [2.75, 3.05) is 18.8 Å². The number of piperidine rings is 1. The molecule has 1 saturated heterocycles. The van der Waals surface area contributed by atoms with Crippen LogP contribution in [0, 0.1) is 5.92 Å². The molecule has 0 radical (unpaired) electrons. The van der Waals surface area contributed by atoms with E-state index >= 15 is 0 Å². The maximum Gasteiger partial charge on any atom is 0.273 e. The summed E-state index contributed by atoms with van der Waals surface area (Å²) in [5.41, 5.74) is 1.24. The third-order valence-electron chi connectivity index (χ3n) is 4.40. The molecular weight excluding hydrogens is 326 g/mol. The van der Waals surface area contributed by atoms with Crippen LogP contribution >= 0.6 is 11.8 Å². The average Bonchev–Trinajstić information content (AvgIpc) is 3.29. The average molecular weight is 347 g/mol. The molecule has 2 aromatic rings. The predicted octanol–water partition coefficient (Wildman–Crippen LogP) is 0.510. The molecule has 1 atom stereocenters. The van der Waals surface area contributed by atoms with Crippen LogP contribution < -0.4 is 10.6 Å². The minimum atomic E-state index is -0.205. The number of carbonyl (C=O) groups excluding carboxylic acids is 1. The summed E-state index contributed by atoms with van der Waals surface area (Å²) in [6, 6.07) is 0. The minimum Gasteiger partial charge on any atom is -0.345 e. The number of fused-ring (bicyclic) bond motifs is 1. The van der Waals surface area contributed by atoms with Gasteiger partial charge in [-0.3, -0.25) is 9.48 Å². The number of aromatic nitrogens is 5. The lowest BCUT2D eigenvalue weighted by molar-refractivity contribution is 0.0945. The lowest BCUT2D eigenvalue weighted by Crippen LogP contribution is -2.32. The van der Waals surface area contributed by atoms with Gasteiger partial charge in [-0.05, 0) is 31.8 Å². The van der Waals surface area contributed by atoms with Crippen molar-refractivity contribution < 1.29 is 4.79 Å². The van der Waals surface area contributed by atoms with E-state index in [1.165, 1.54) is 12.8 Å². The Kier molecular flexibility index (Phi) is 4.52. The summed E-state index contributed by atoms with van der Waals surface area (Å²) in [6.07, 6.45) is 6.12. The molecule has 4 heterocycles. The van der Waals surface area contributed by atoms with E-state index in [1.54, 1.807) is 22.6 Å². The van der Waals surface area contributed by atoms with Gasteiger partial charge in [0.25, 0.3) is 5.91 Å². The second kappa shape index (κ2) is 6.94.